The van der Waals surface area contributed by atoms with Gasteiger partial charge in [0.1, 0.15) is 0 Å². The quantitative estimate of drug-likeness (QED) is 0.822. The van der Waals surface area contributed by atoms with E-state index in [0.29, 0.717) is 0 Å². The van der Waals surface area contributed by atoms with Gasteiger partial charge in [-0.3, -0.25) is 0 Å². The van der Waals surface area contributed by atoms with E-state index in [-0.39, 0.29) is 0 Å². The van der Waals surface area contributed by atoms with E-state index in [9.17, 15) is 5.11 Å². The molecule has 0 aromatic heterocycles. The maximum Gasteiger partial charge on any atom is 0.0975 e. The molecule has 0 spiro atoms. The summed E-state index contributed by atoms with van der Waals surface area (Å²) >= 11 is 0. The van der Waals surface area contributed by atoms with E-state index in [1.165, 1.54) is 0 Å². The van der Waals surface area contributed by atoms with Gasteiger partial charge in [-0.25, -0.2) is 0 Å². The van der Waals surface area contributed by atoms with E-state index in [1.54, 1.807) is 6.08 Å². The monoisotopic (exact) mass is 210 g/mol. The van der Waals surface area contributed by atoms with Crippen LogP contribution in [0.1, 0.15) is 17.2 Å². The van der Waals surface area contributed by atoms with Gasteiger partial charge in [0.25, 0.3) is 0 Å². The van der Waals surface area contributed by atoms with E-state index in [4.69, 9.17) is 0 Å². The lowest BCUT2D eigenvalue weighted by atomic mass is 10.1. The van der Waals surface area contributed by atoms with Crippen LogP contribution in [0.25, 0.3) is 6.08 Å². The maximum absolute atomic E-state index is 9.90. The van der Waals surface area contributed by atoms with Crippen molar-refractivity contribution in [3.8, 4) is 0 Å². The molecule has 1 atom stereocenters. The second-order valence-electron chi connectivity index (χ2n) is 3.63. The van der Waals surface area contributed by atoms with Crippen LogP contribution in [0.5, 0.6) is 0 Å². The Morgan fingerprint density at radius 2 is 1.38 bits per heavy atom. The summed E-state index contributed by atoms with van der Waals surface area (Å²) < 4.78 is 0. The van der Waals surface area contributed by atoms with Gasteiger partial charge in [-0.2, -0.15) is 0 Å². The number of rotatable bonds is 3. The molecule has 80 valence electrons. The van der Waals surface area contributed by atoms with Gasteiger partial charge >= 0.3 is 0 Å². The highest BCUT2D eigenvalue weighted by molar-refractivity contribution is 5.49. The van der Waals surface area contributed by atoms with Crippen LogP contribution in [-0.4, -0.2) is 5.11 Å². The van der Waals surface area contributed by atoms with E-state index >= 15 is 0 Å². The molecule has 0 radical (unpaired) electrons. The third-order valence-electron chi connectivity index (χ3n) is 2.41. The molecule has 0 bridgehead atoms. The third kappa shape index (κ3) is 2.81. The number of aliphatic hydroxyl groups is 1. The minimum Gasteiger partial charge on any atom is -0.384 e. The van der Waals surface area contributed by atoms with Gasteiger partial charge < -0.3 is 5.11 Å². The van der Waals surface area contributed by atoms with Crippen molar-refractivity contribution in [1.82, 2.24) is 0 Å². The van der Waals surface area contributed by atoms with Crippen molar-refractivity contribution >= 4 is 6.08 Å². The molecule has 0 aliphatic heterocycles. The topological polar surface area (TPSA) is 20.2 Å². The molecule has 2 aromatic carbocycles. The molecule has 0 aliphatic carbocycles. The summed E-state index contributed by atoms with van der Waals surface area (Å²) in [6.45, 7) is 0. The fourth-order valence-corrected chi connectivity index (χ4v) is 1.53. The maximum atomic E-state index is 9.90. The average molecular weight is 210 g/mol. The molecule has 0 heterocycles. The molecule has 0 aliphatic rings. The average Bonchev–Trinajstić information content (AvgIpc) is 2.38. The minimum absolute atomic E-state index is 0.540. The number of benzene rings is 2. The second-order valence-corrected chi connectivity index (χ2v) is 3.63. The SMILES string of the molecule is O[C@@H](/C=C/c1ccccc1)c1ccccc1. The zero-order valence-corrected chi connectivity index (χ0v) is 8.95. The Morgan fingerprint density at radius 1 is 0.812 bits per heavy atom. The first kappa shape index (κ1) is 10.7. The predicted octanol–water partition coefficient (Wildman–Crippen LogP) is 3.43. The Balaban J connectivity index is 2.08. The Labute approximate surface area is 95.7 Å². The zero-order chi connectivity index (χ0) is 11.2. The van der Waals surface area contributed by atoms with Crippen LogP contribution >= 0.6 is 0 Å². The summed E-state index contributed by atoms with van der Waals surface area (Å²) in [7, 11) is 0. The van der Waals surface area contributed by atoms with Crippen LogP contribution in [0.2, 0.25) is 0 Å². The molecule has 2 aromatic rings. The van der Waals surface area contributed by atoms with Crippen LogP contribution in [0.15, 0.2) is 66.7 Å². The van der Waals surface area contributed by atoms with Crippen LogP contribution in [0, 0.1) is 0 Å². The number of aliphatic hydroxyl groups excluding tert-OH is 1. The zero-order valence-electron chi connectivity index (χ0n) is 8.95. The van der Waals surface area contributed by atoms with Gasteiger partial charge in [-0.15, -0.1) is 0 Å². The molecule has 0 fully saturated rings. The summed E-state index contributed by atoms with van der Waals surface area (Å²) in [5.74, 6) is 0. The molecular weight excluding hydrogens is 196 g/mol. The van der Waals surface area contributed by atoms with Crippen molar-refractivity contribution in [3.05, 3.63) is 77.9 Å². The van der Waals surface area contributed by atoms with Crippen molar-refractivity contribution < 1.29 is 5.11 Å². The Hall–Kier alpha value is -1.86. The fourth-order valence-electron chi connectivity index (χ4n) is 1.53. The summed E-state index contributed by atoms with van der Waals surface area (Å²) in [4.78, 5) is 0. The minimum atomic E-state index is -0.540. The molecular formula is C15H14O. The predicted molar refractivity (Wildman–Crippen MR) is 66.9 cm³/mol. The van der Waals surface area contributed by atoms with Crippen molar-refractivity contribution in [2.45, 2.75) is 6.10 Å². The van der Waals surface area contributed by atoms with E-state index in [1.807, 2.05) is 66.7 Å². The first-order valence-corrected chi connectivity index (χ1v) is 5.32. The van der Waals surface area contributed by atoms with Crippen molar-refractivity contribution in [2.24, 2.45) is 0 Å². The highest BCUT2D eigenvalue weighted by Gasteiger charge is 2.00. The van der Waals surface area contributed by atoms with E-state index in [2.05, 4.69) is 0 Å². The first-order valence-electron chi connectivity index (χ1n) is 5.32. The van der Waals surface area contributed by atoms with Gasteiger partial charge in [0.15, 0.2) is 0 Å². The summed E-state index contributed by atoms with van der Waals surface area (Å²) in [5, 5.41) is 9.90. The normalized spacial score (nSPS) is 12.8. The van der Waals surface area contributed by atoms with Crippen molar-refractivity contribution in [2.75, 3.05) is 0 Å². The standard InChI is InChI=1S/C15H14O/c16-15(14-9-5-2-6-10-14)12-11-13-7-3-1-4-8-13/h1-12,15-16H/b12-11+/t15-/m0/s1. The van der Waals surface area contributed by atoms with Gasteiger partial charge in [-0.05, 0) is 11.1 Å². The molecule has 0 amide bonds. The second kappa shape index (κ2) is 5.29. The van der Waals surface area contributed by atoms with Gasteiger partial charge in [0.05, 0.1) is 6.10 Å². The number of hydrogen-bond acceptors (Lipinski definition) is 1. The van der Waals surface area contributed by atoms with Crippen LogP contribution < -0.4 is 0 Å². The largest absolute Gasteiger partial charge is 0.384 e. The molecule has 2 rings (SSSR count). The first-order chi connectivity index (χ1) is 7.86. The summed E-state index contributed by atoms with van der Waals surface area (Å²) in [6, 6.07) is 19.6. The molecule has 1 N–H and O–H groups in total. The highest BCUT2D eigenvalue weighted by atomic mass is 16.3. The van der Waals surface area contributed by atoms with Gasteiger partial charge in [0, 0.05) is 0 Å². The van der Waals surface area contributed by atoms with Crippen LogP contribution in [0.3, 0.4) is 0 Å². The van der Waals surface area contributed by atoms with Gasteiger partial charge in [-0.1, -0.05) is 72.8 Å². The van der Waals surface area contributed by atoms with E-state index in [0.717, 1.165) is 11.1 Å². The fraction of sp³-hybridized carbons (Fsp3) is 0.0667. The third-order valence-corrected chi connectivity index (χ3v) is 2.41. The lowest BCUT2D eigenvalue weighted by Crippen LogP contribution is -1.91. The lowest BCUT2D eigenvalue weighted by molar-refractivity contribution is 0.229. The van der Waals surface area contributed by atoms with Gasteiger partial charge in [0.2, 0.25) is 0 Å². The Kier molecular flexibility index (Phi) is 3.52. The van der Waals surface area contributed by atoms with Crippen molar-refractivity contribution in [1.29, 1.82) is 0 Å². The molecule has 16 heavy (non-hydrogen) atoms. The molecule has 0 saturated carbocycles. The van der Waals surface area contributed by atoms with Crippen LogP contribution in [0.4, 0.5) is 0 Å². The molecule has 0 unspecified atom stereocenters. The smallest absolute Gasteiger partial charge is 0.0975 e. The Bertz CT molecular complexity index is 445. The molecule has 0 saturated heterocycles. The summed E-state index contributed by atoms with van der Waals surface area (Å²) in [6.07, 6.45) is 3.18. The highest BCUT2D eigenvalue weighted by Crippen LogP contribution is 2.14. The molecule has 1 nitrogen and oxygen atoms in total. The molecule has 1 heteroatoms. The van der Waals surface area contributed by atoms with E-state index < -0.39 is 6.10 Å². The summed E-state index contributed by atoms with van der Waals surface area (Å²) in [5.41, 5.74) is 2.01. The van der Waals surface area contributed by atoms with Crippen molar-refractivity contribution in [3.63, 3.8) is 0 Å². The number of hydrogen-bond donors (Lipinski definition) is 1. The Morgan fingerprint density at radius 3 is 2.00 bits per heavy atom. The van der Waals surface area contributed by atoms with Crippen LogP contribution in [-0.2, 0) is 0 Å². The lowest BCUT2D eigenvalue weighted by Gasteiger charge is -2.04.